The molecule has 1 aromatic heterocycles. The summed E-state index contributed by atoms with van der Waals surface area (Å²) in [6.45, 7) is 0. The first-order chi connectivity index (χ1) is 5.84. The van der Waals surface area contributed by atoms with E-state index in [0.717, 1.165) is 13.2 Å². The summed E-state index contributed by atoms with van der Waals surface area (Å²) in [5.74, 6) is -1.16. The Bertz CT molecular complexity index is 309. The molecule has 0 fully saturated rings. The second-order valence-corrected chi connectivity index (χ2v) is 2.44. The van der Waals surface area contributed by atoms with Crippen molar-refractivity contribution in [3.05, 3.63) is 12.0 Å². The van der Waals surface area contributed by atoms with Gasteiger partial charge in [0.2, 0.25) is 5.82 Å². The Hall–Kier alpha value is -1.02. The molecule has 0 saturated carbocycles. The maximum Gasteiger partial charge on any atom is 0.507 e. The Labute approximate surface area is 71.8 Å². The van der Waals surface area contributed by atoms with E-state index in [9.17, 15) is 13.2 Å². The third-order valence-corrected chi connectivity index (χ3v) is 1.54. The summed E-state index contributed by atoms with van der Waals surface area (Å²) in [7, 11) is -0.890. The first-order valence-electron chi connectivity index (χ1n) is 3.29. The number of alkyl halides is 3. The summed E-state index contributed by atoms with van der Waals surface area (Å²) in [5, 5.41) is 17.2. The molecule has 0 aliphatic carbocycles. The average Bonchev–Trinajstić information content (AvgIpc) is 2.28. The molecular formula is C5H6BF3N2O2. The van der Waals surface area contributed by atoms with E-state index < -0.39 is 19.1 Å². The lowest BCUT2D eigenvalue weighted by Gasteiger charge is -2.07. The van der Waals surface area contributed by atoms with Gasteiger partial charge in [-0.3, -0.25) is 0 Å². The van der Waals surface area contributed by atoms with Gasteiger partial charge in [0.15, 0.2) is 0 Å². The molecule has 4 nitrogen and oxygen atoms in total. The molecule has 0 atom stereocenters. The van der Waals surface area contributed by atoms with Crippen LogP contribution >= 0.6 is 0 Å². The van der Waals surface area contributed by atoms with Gasteiger partial charge in [-0.15, -0.1) is 0 Å². The van der Waals surface area contributed by atoms with Crippen LogP contribution in [0.2, 0.25) is 0 Å². The van der Waals surface area contributed by atoms with E-state index in [4.69, 9.17) is 10.0 Å². The van der Waals surface area contributed by atoms with Crippen LogP contribution in [0.3, 0.4) is 0 Å². The summed E-state index contributed by atoms with van der Waals surface area (Å²) in [6.07, 6.45) is -3.81. The van der Waals surface area contributed by atoms with Crippen molar-refractivity contribution >= 4 is 12.7 Å². The molecule has 72 valence electrons. The molecule has 0 aliphatic rings. The Morgan fingerprint density at radius 2 is 2.00 bits per heavy atom. The van der Waals surface area contributed by atoms with E-state index in [2.05, 4.69) is 4.98 Å². The minimum atomic E-state index is -4.58. The topological polar surface area (TPSA) is 58.3 Å². The first-order valence-corrected chi connectivity index (χ1v) is 3.29. The predicted octanol–water partition coefficient (Wildman–Crippen LogP) is -0.881. The van der Waals surface area contributed by atoms with Crippen LogP contribution < -0.4 is 5.59 Å². The van der Waals surface area contributed by atoms with Crippen LogP contribution in [0.1, 0.15) is 5.82 Å². The largest absolute Gasteiger partial charge is 0.507 e. The number of hydrogen-bond acceptors (Lipinski definition) is 3. The monoisotopic (exact) mass is 194 g/mol. The molecular weight excluding hydrogens is 188 g/mol. The number of nitrogens with zero attached hydrogens (tertiary/aromatic N) is 2. The van der Waals surface area contributed by atoms with E-state index >= 15 is 0 Å². The molecule has 0 unspecified atom stereocenters. The van der Waals surface area contributed by atoms with Crippen LogP contribution in [0.25, 0.3) is 0 Å². The molecule has 0 bridgehead atoms. The minimum absolute atomic E-state index is 0.299. The third-order valence-electron chi connectivity index (χ3n) is 1.54. The fraction of sp³-hybridized carbons (Fsp3) is 0.400. The van der Waals surface area contributed by atoms with Crippen LogP contribution in [0.5, 0.6) is 0 Å². The van der Waals surface area contributed by atoms with E-state index in [1.807, 2.05) is 0 Å². The van der Waals surface area contributed by atoms with Gasteiger partial charge >= 0.3 is 13.3 Å². The van der Waals surface area contributed by atoms with Crippen LogP contribution in [0, 0.1) is 0 Å². The number of halogens is 3. The van der Waals surface area contributed by atoms with Crippen LogP contribution in [0.15, 0.2) is 6.20 Å². The van der Waals surface area contributed by atoms with Gasteiger partial charge in [0, 0.05) is 13.2 Å². The SMILES string of the molecule is Cn1c(B(O)O)cnc1C(F)(F)F. The van der Waals surface area contributed by atoms with Gasteiger partial charge in [-0.2, -0.15) is 13.2 Å². The second kappa shape index (κ2) is 3.04. The standard InChI is InChI=1S/C5H6BF3N2O2/c1-11-3(6(12)13)2-10-4(11)5(7,8)9/h2,12-13H,1H3. The quantitative estimate of drug-likeness (QED) is 0.570. The highest BCUT2D eigenvalue weighted by Gasteiger charge is 2.37. The third kappa shape index (κ3) is 1.83. The zero-order chi connectivity index (χ0) is 10.2. The number of rotatable bonds is 1. The van der Waals surface area contributed by atoms with Crippen molar-refractivity contribution in [3.63, 3.8) is 0 Å². The number of hydrogen-bond donors (Lipinski definition) is 2. The molecule has 1 aromatic rings. The lowest BCUT2D eigenvalue weighted by molar-refractivity contribution is -0.146. The van der Waals surface area contributed by atoms with Crippen molar-refractivity contribution < 1.29 is 23.2 Å². The van der Waals surface area contributed by atoms with Crippen molar-refractivity contribution in [2.45, 2.75) is 6.18 Å². The molecule has 13 heavy (non-hydrogen) atoms. The smallest absolute Gasteiger partial charge is 0.422 e. The normalized spacial score (nSPS) is 11.8. The number of aromatic nitrogens is 2. The van der Waals surface area contributed by atoms with Gasteiger partial charge in [-0.1, -0.05) is 0 Å². The average molecular weight is 194 g/mol. The van der Waals surface area contributed by atoms with Gasteiger partial charge in [0.25, 0.3) is 0 Å². The van der Waals surface area contributed by atoms with Gasteiger partial charge < -0.3 is 14.6 Å². The van der Waals surface area contributed by atoms with Gasteiger partial charge in [0.1, 0.15) is 0 Å². The molecule has 8 heteroatoms. The molecule has 0 radical (unpaired) electrons. The summed E-state index contributed by atoms with van der Waals surface area (Å²) in [4.78, 5) is 3.03. The van der Waals surface area contributed by atoms with Gasteiger partial charge in [-0.25, -0.2) is 4.98 Å². The van der Waals surface area contributed by atoms with Crippen LogP contribution in [0.4, 0.5) is 13.2 Å². The molecule has 1 rings (SSSR count). The van der Waals surface area contributed by atoms with Crippen molar-refractivity contribution in [2.24, 2.45) is 7.05 Å². The Kier molecular flexibility index (Phi) is 2.35. The van der Waals surface area contributed by atoms with Crippen LogP contribution in [-0.2, 0) is 13.2 Å². The molecule has 0 amide bonds. The maximum absolute atomic E-state index is 12.1. The summed E-state index contributed by atoms with van der Waals surface area (Å²) >= 11 is 0. The summed E-state index contributed by atoms with van der Waals surface area (Å²) in [5.41, 5.74) is -0.299. The van der Waals surface area contributed by atoms with Crippen molar-refractivity contribution in [1.29, 1.82) is 0 Å². The minimum Gasteiger partial charge on any atom is -0.422 e. The van der Waals surface area contributed by atoms with E-state index in [1.54, 1.807) is 0 Å². The molecule has 2 N–H and O–H groups in total. The molecule has 0 spiro atoms. The van der Waals surface area contributed by atoms with Crippen molar-refractivity contribution in [3.8, 4) is 0 Å². The Morgan fingerprint density at radius 3 is 2.23 bits per heavy atom. The number of imidazole rings is 1. The predicted molar refractivity (Wildman–Crippen MR) is 38.0 cm³/mol. The molecule has 0 saturated heterocycles. The zero-order valence-corrected chi connectivity index (χ0v) is 6.58. The Morgan fingerprint density at radius 1 is 1.46 bits per heavy atom. The maximum atomic E-state index is 12.1. The first kappa shape index (κ1) is 10.1. The fourth-order valence-electron chi connectivity index (χ4n) is 0.926. The zero-order valence-electron chi connectivity index (χ0n) is 6.58. The van der Waals surface area contributed by atoms with Crippen molar-refractivity contribution in [1.82, 2.24) is 9.55 Å². The Balaban J connectivity index is 3.14. The molecule has 0 aliphatic heterocycles. The highest BCUT2D eigenvalue weighted by atomic mass is 19.4. The second-order valence-electron chi connectivity index (χ2n) is 2.44. The highest BCUT2D eigenvalue weighted by molar-refractivity contribution is 6.57. The van der Waals surface area contributed by atoms with E-state index in [0.29, 0.717) is 4.57 Å². The molecule has 1 heterocycles. The lowest BCUT2D eigenvalue weighted by Crippen LogP contribution is -2.36. The summed E-state index contributed by atoms with van der Waals surface area (Å²) < 4.78 is 36.8. The molecule has 0 aromatic carbocycles. The van der Waals surface area contributed by atoms with E-state index in [1.165, 1.54) is 0 Å². The van der Waals surface area contributed by atoms with Crippen molar-refractivity contribution in [2.75, 3.05) is 0 Å². The van der Waals surface area contributed by atoms with E-state index in [-0.39, 0.29) is 5.59 Å². The fourth-order valence-corrected chi connectivity index (χ4v) is 0.926. The highest BCUT2D eigenvalue weighted by Crippen LogP contribution is 2.26. The van der Waals surface area contributed by atoms with Crippen LogP contribution in [-0.4, -0.2) is 26.7 Å². The summed E-state index contributed by atoms with van der Waals surface area (Å²) in [6, 6.07) is 0. The van der Waals surface area contributed by atoms with Gasteiger partial charge in [0.05, 0.1) is 5.59 Å². The van der Waals surface area contributed by atoms with Gasteiger partial charge in [-0.05, 0) is 0 Å². The lowest BCUT2D eigenvalue weighted by atomic mass is 9.87.